The summed E-state index contributed by atoms with van der Waals surface area (Å²) in [7, 11) is -4.16. The van der Waals surface area contributed by atoms with E-state index in [9.17, 15) is 17.2 Å². The van der Waals surface area contributed by atoms with Gasteiger partial charge in [-0.3, -0.25) is 9.82 Å². The topological polar surface area (TPSA) is 114 Å². The molecule has 0 aliphatic heterocycles. The van der Waals surface area contributed by atoms with Gasteiger partial charge >= 0.3 is 0 Å². The Morgan fingerprint density at radius 3 is 2.50 bits per heavy atom. The number of hydrogen-bond acceptors (Lipinski definition) is 5. The normalized spacial score (nSPS) is 11.7. The van der Waals surface area contributed by atoms with E-state index in [0.29, 0.717) is 29.2 Å². The van der Waals surface area contributed by atoms with E-state index in [1.165, 1.54) is 12.3 Å². The summed E-state index contributed by atoms with van der Waals surface area (Å²) >= 11 is 0. The number of aromatic nitrogens is 3. The van der Waals surface area contributed by atoms with Gasteiger partial charge in [0.25, 0.3) is 10.0 Å². The zero-order valence-corrected chi connectivity index (χ0v) is 11.7. The maximum Gasteiger partial charge on any atom is 0.262 e. The molecule has 0 bridgehead atoms. The minimum absolute atomic E-state index is 0.0882. The van der Waals surface area contributed by atoms with Gasteiger partial charge in [-0.25, -0.2) is 22.2 Å². The van der Waals surface area contributed by atoms with Crippen LogP contribution in [0.2, 0.25) is 0 Å². The summed E-state index contributed by atoms with van der Waals surface area (Å²) in [5.41, 5.74) is 6.08. The molecule has 0 aliphatic rings. The Bertz CT molecular complexity index is 951. The van der Waals surface area contributed by atoms with Crippen molar-refractivity contribution < 1.29 is 17.2 Å². The number of H-pyrrole nitrogens is 1. The van der Waals surface area contributed by atoms with E-state index in [2.05, 4.69) is 19.9 Å². The van der Waals surface area contributed by atoms with Gasteiger partial charge in [0.1, 0.15) is 11.6 Å². The Morgan fingerprint density at radius 2 is 1.82 bits per heavy atom. The van der Waals surface area contributed by atoms with Crippen LogP contribution in [0.1, 0.15) is 0 Å². The fourth-order valence-electron chi connectivity index (χ4n) is 1.88. The summed E-state index contributed by atoms with van der Waals surface area (Å²) in [4.78, 5) is 3.40. The van der Waals surface area contributed by atoms with Crippen LogP contribution in [0.3, 0.4) is 0 Å². The van der Waals surface area contributed by atoms with Gasteiger partial charge in [0, 0.05) is 6.07 Å². The molecule has 0 saturated carbocycles. The number of anilines is 2. The number of benzene rings is 1. The van der Waals surface area contributed by atoms with Crippen LogP contribution in [0, 0.1) is 11.6 Å². The van der Waals surface area contributed by atoms with E-state index in [-0.39, 0.29) is 11.5 Å². The number of nitrogen functional groups attached to an aromatic ring is 1. The maximum atomic E-state index is 13.1. The molecule has 7 nitrogen and oxygen atoms in total. The first kappa shape index (κ1) is 14.2. The van der Waals surface area contributed by atoms with E-state index >= 15 is 0 Å². The quantitative estimate of drug-likeness (QED) is 0.677. The average Bonchev–Trinajstić information content (AvgIpc) is 2.79. The molecule has 22 heavy (non-hydrogen) atoms. The Balaban J connectivity index is 2.00. The standard InChI is InChI=1S/C12H9F2N5O2S/c13-6-1-7(14)3-9(2-6)22(20,21)19-8-4-10-11(15)17-18-12(10)16-5-8/h1-5,19H,(H3,15,16,17,18). The smallest absolute Gasteiger partial charge is 0.262 e. The molecule has 0 fully saturated rings. The molecular weight excluding hydrogens is 316 g/mol. The lowest BCUT2D eigenvalue weighted by Crippen LogP contribution is -2.13. The van der Waals surface area contributed by atoms with Crippen molar-refractivity contribution in [1.82, 2.24) is 15.2 Å². The number of halogens is 2. The predicted molar refractivity (Wildman–Crippen MR) is 75.5 cm³/mol. The lowest BCUT2D eigenvalue weighted by atomic mass is 10.3. The molecule has 0 amide bonds. The molecule has 0 unspecified atom stereocenters. The van der Waals surface area contributed by atoms with Crippen molar-refractivity contribution in [3.63, 3.8) is 0 Å². The monoisotopic (exact) mass is 325 g/mol. The molecule has 1 aromatic carbocycles. The highest BCUT2D eigenvalue weighted by atomic mass is 32.2. The van der Waals surface area contributed by atoms with Crippen LogP contribution in [0.4, 0.5) is 20.3 Å². The molecule has 0 radical (unpaired) electrons. The number of nitrogens with one attached hydrogen (secondary N) is 2. The fourth-order valence-corrected chi connectivity index (χ4v) is 2.95. The van der Waals surface area contributed by atoms with Crippen molar-refractivity contribution in [2.24, 2.45) is 0 Å². The number of aromatic amines is 1. The summed E-state index contributed by atoms with van der Waals surface area (Å²) in [5, 5.41) is 6.71. The molecule has 0 aliphatic carbocycles. The minimum atomic E-state index is -4.16. The third-order valence-electron chi connectivity index (χ3n) is 2.84. The molecule has 2 aromatic heterocycles. The third kappa shape index (κ3) is 2.55. The summed E-state index contributed by atoms with van der Waals surface area (Å²) in [6, 6.07) is 3.42. The second-order valence-electron chi connectivity index (χ2n) is 4.44. The molecule has 0 atom stereocenters. The fraction of sp³-hybridized carbons (Fsp3) is 0. The number of hydrogen-bond donors (Lipinski definition) is 3. The van der Waals surface area contributed by atoms with Crippen LogP contribution in [0.5, 0.6) is 0 Å². The third-order valence-corrected chi connectivity index (χ3v) is 4.21. The van der Waals surface area contributed by atoms with Crippen molar-refractivity contribution in [2.45, 2.75) is 4.90 Å². The van der Waals surface area contributed by atoms with Gasteiger partial charge in [0.05, 0.1) is 22.2 Å². The zero-order valence-electron chi connectivity index (χ0n) is 10.8. The molecule has 4 N–H and O–H groups in total. The largest absolute Gasteiger partial charge is 0.382 e. The van der Waals surface area contributed by atoms with Gasteiger partial charge < -0.3 is 5.73 Å². The van der Waals surface area contributed by atoms with Gasteiger partial charge in [-0.1, -0.05) is 0 Å². The highest BCUT2D eigenvalue weighted by Gasteiger charge is 2.17. The van der Waals surface area contributed by atoms with Crippen LogP contribution >= 0.6 is 0 Å². The van der Waals surface area contributed by atoms with Crippen molar-refractivity contribution in [3.05, 3.63) is 42.1 Å². The van der Waals surface area contributed by atoms with Crippen molar-refractivity contribution >= 4 is 32.6 Å². The van der Waals surface area contributed by atoms with E-state index in [1.807, 2.05) is 0 Å². The lowest BCUT2D eigenvalue weighted by molar-refractivity contribution is 0.568. The molecule has 0 saturated heterocycles. The lowest BCUT2D eigenvalue weighted by Gasteiger charge is -2.08. The van der Waals surface area contributed by atoms with E-state index in [4.69, 9.17) is 5.73 Å². The summed E-state index contributed by atoms with van der Waals surface area (Å²) in [6.07, 6.45) is 1.23. The second kappa shape index (κ2) is 4.91. The Kier molecular flexibility index (Phi) is 3.17. The number of nitrogens with zero attached hydrogens (tertiary/aromatic N) is 2. The van der Waals surface area contributed by atoms with Crippen molar-refractivity contribution in [1.29, 1.82) is 0 Å². The van der Waals surface area contributed by atoms with E-state index in [0.717, 1.165) is 0 Å². The number of rotatable bonds is 3. The molecule has 114 valence electrons. The first-order chi connectivity index (χ1) is 10.3. The minimum Gasteiger partial charge on any atom is -0.382 e. The van der Waals surface area contributed by atoms with Crippen LogP contribution in [0.25, 0.3) is 11.0 Å². The van der Waals surface area contributed by atoms with Gasteiger partial charge in [-0.05, 0) is 18.2 Å². The van der Waals surface area contributed by atoms with Gasteiger partial charge in [-0.2, -0.15) is 5.10 Å². The van der Waals surface area contributed by atoms with Crippen LogP contribution in [-0.2, 0) is 10.0 Å². The van der Waals surface area contributed by atoms with Crippen molar-refractivity contribution in [2.75, 3.05) is 10.5 Å². The van der Waals surface area contributed by atoms with Gasteiger partial charge in [0.2, 0.25) is 0 Å². The highest BCUT2D eigenvalue weighted by molar-refractivity contribution is 7.92. The van der Waals surface area contributed by atoms with Crippen LogP contribution in [-0.4, -0.2) is 23.6 Å². The average molecular weight is 325 g/mol. The molecule has 0 spiro atoms. The van der Waals surface area contributed by atoms with Gasteiger partial charge in [-0.15, -0.1) is 0 Å². The predicted octanol–water partition coefficient (Wildman–Crippen LogP) is 1.62. The maximum absolute atomic E-state index is 13.1. The number of nitrogens with two attached hydrogens (primary N) is 1. The Labute approximate surface area is 123 Å². The SMILES string of the molecule is Nc1n[nH]c2ncc(NS(=O)(=O)c3cc(F)cc(F)c3)cc12. The zero-order chi connectivity index (χ0) is 15.9. The van der Waals surface area contributed by atoms with Gasteiger partial charge in [0.15, 0.2) is 11.5 Å². The van der Waals surface area contributed by atoms with E-state index < -0.39 is 26.6 Å². The number of fused-ring (bicyclic) bond motifs is 1. The number of pyridine rings is 1. The first-order valence-corrected chi connectivity index (χ1v) is 7.42. The van der Waals surface area contributed by atoms with E-state index in [1.54, 1.807) is 0 Å². The first-order valence-electron chi connectivity index (χ1n) is 5.94. The Morgan fingerprint density at radius 1 is 1.14 bits per heavy atom. The molecule has 3 aromatic rings. The second-order valence-corrected chi connectivity index (χ2v) is 6.12. The number of sulfonamides is 1. The summed E-state index contributed by atoms with van der Waals surface area (Å²) in [6.45, 7) is 0. The molecule has 3 rings (SSSR count). The molecule has 2 heterocycles. The van der Waals surface area contributed by atoms with Crippen LogP contribution < -0.4 is 10.5 Å². The molecular formula is C12H9F2N5O2S. The Hall–Kier alpha value is -2.75. The highest BCUT2D eigenvalue weighted by Crippen LogP contribution is 2.22. The van der Waals surface area contributed by atoms with Crippen molar-refractivity contribution in [3.8, 4) is 0 Å². The molecule has 10 heteroatoms. The summed E-state index contributed by atoms with van der Waals surface area (Å²) in [5.74, 6) is -1.83. The van der Waals surface area contributed by atoms with Crippen LogP contribution in [0.15, 0.2) is 35.4 Å². The summed E-state index contributed by atoms with van der Waals surface area (Å²) < 4.78 is 52.7.